The molecule has 0 amide bonds. The van der Waals surface area contributed by atoms with E-state index in [1.54, 1.807) is 43.3 Å². The molecule has 0 saturated carbocycles. The Labute approximate surface area is 117 Å². The molecule has 2 aromatic rings. The van der Waals surface area contributed by atoms with Crippen molar-refractivity contribution in [2.24, 2.45) is 0 Å². The van der Waals surface area contributed by atoms with Gasteiger partial charge in [0.05, 0.1) is 19.8 Å². The van der Waals surface area contributed by atoms with E-state index in [1.165, 1.54) is 14.2 Å². The minimum absolute atomic E-state index is 0.202. The fourth-order valence-electron chi connectivity index (χ4n) is 2.19. The SMILES string of the molecule is COc1cccc(OC)c1C(O)c1cccc(C)c1F. The fraction of sp³-hybridized carbons (Fsp3) is 0.250. The zero-order valence-corrected chi connectivity index (χ0v) is 11.7. The molecule has 0 heterocycles. The van der Waals surface area contributed by atoms with Crippen molar-refractivity contribution in [3.05, 3.63) is 58.9 Å². The normalized spacial score (nSPS) is 12.1. The summed E-state index contributed by atoms with van der Waals surface area (Å²) in [4.78, 5) is 0. The van der Waals surface area contributed by atoms with Crippen molar-refractivity contribution in [3.63, 3.8) is 0 Å². The highest BCUT2D eigenvalue weighted by Crippen LogP contribution is 2.38. The number of rotatable bonds is 4. The molecule has 0 aliphatic heterocycles. The third kappa shape index (κ3) is 2.47. The first-order valence-electron chi connectivity index (χ1n) is 6.24. The molecule has 1 unspecified atom stereocenters. The van der Waals surface area contributed by atoms with Crippen LogP contribution in [0.1, 0.15) is 22.8 Å². The molecular formula is C16H17FO3. The number of ether oxygens (including phenoxy) is 2. The molecule has 4 heteroatoms. The lowest BCUT2D eigenvalue weighted by atomic mass is 9.97. The summed E-state index contributed by atoms with van der Waals surface area (Å²) < 4.78 is 24.6. The quantitative estimate of drug-likeness (QED) is 0.931. The molecule has 2 rings (SSSR count). The van der Waals surface area contributed by atoms with Crippen LogP contribution < -0.4 is 9.47 Å². The third-order valence-electron chi connectivity index (χ3n) is 3.26. The largest absolute Gasteiger partial charge is 0.496 e. The average molecular weight is 276 g/mol. The number of aryl methyl sites for hydroxylation is 1. The van der Waals surface area contributed by atoms with E-state index < -0.39 is 11.9 Å². The minimum atomic E-state index is -1.15. The first-order valence-corrected chi connectivity index (χ1v) is 6.24. The molecule has 0 saturated heterocycles. The second-order valence-electron chi connectivity index (χ2n) is 4.46. The van der Waals surface area contributed by atoms with Crippen LogP contribution >= 0.6 is 0 Å². The second-order valence-corrected chi connectivity index (χ2v) is 4.46. The number of hydrogen-bond donors (Lipinski definition) is 1. The fourth-order valence-corrected chi connectivity index (χ4v) is 2.19. The van der Waals surface area contributed by atoms with Crippen molar-refractivity contribution in [1.29, 1.82) is 0 Å². The Morgan fingerprint density at radius 2 is 1.55 bits per heavy atom. The Morgan fingerprint density at radius 1 is 1.00 bits per heavy atom. The highest BCUT2D eigenvalue weighted by molar-refractivity contribution is 5.50. The van der Waals surface area contributed by atoms with E-state index >= 15 is 0 Å². The van der Waals surface area contributed by atoms with E-state index in [-0.39, 0.29) is 5.56 Å². The number of methoxy groups -OCH3 is 2. The second kappa shape index (κ2) is 5.92. The highest BCUT2D eigenvalue weighted by Gasteiger charge is 2.23. The molecule has 106 valence electrons. The Bertz CT molecular complexity index is 588. The number of aliphatic hydroxyl groups excluding tert-OH is 1. The van der Waals surface area contributed by atoms with Gasteiger partial charge in [-0.15, -0.1) is 0 Å². The van der Waals surface area contributed by atoms with E-state index in [1.807, 2.05) is 0 Å². The minimum Gasteiger partial charge on any atom is -0.496 e. The van der Waals surface area contributed by atoms with Crippen molar-refractivity contribution in [2.75, 3.05) is 14.2 Å². The van der Waals surface area contributed by atoms with Crippen LogP contribution in [-0.4, -0.2) is 19.3 Å². The van der Waals surface area contributed by atoms with E-state index in [2.05, 4.69) is 0 Å². The Balaban J connectivity index is 2.58. The predicted molar refractivity (Wildman–Crippen MR) is 74.7 cm³/mol. The first-order chi connectivity index (χ1) is 9.60. The molecule has 0 bridgehead atoms. The molecule has 0 radical (unpaired) electrons. The average Bonchev–Trinajstić information content (AvgIpc) is 2.48. The summed E-state index contributed by atoms with van der Waals surface area (Å²) in [5, 5.41) is 10.5. The molecule has 0 fully saturated rings. The molecule has 0 aliphatic carbocycles. The van der Waals surface area contributed by atoms with Crippen molar-refractivity contribution in [3.8, 4) is 11.5 Å². The lowest BCUT2D eigenvalue weighted by Gasteiger charge is -2.19. The molecular weight excluding hydrogens is 259 g/mol. The topological polar surface area (TPSA) is 38.7 Å². The summed E-state index contributed by atoms with van der Waals surface area (Å²) in [5.74, 6) is 0.489. The van der Waals surface area contributed by atoms with Gasteiger partial charge >= 0.3 is 0 Å². The molecule has 0 aliphatic rings. The van der Waals surface area contributed by atoms with Gasteiger partial charge in [0.1, 0.15) is 23.4 Å². The van der Waals surface area contributed by atoms with Gasteiger partial charge in [-0.3, -0.25) is 0 Å². The molecule has 0 aromatic heterocycles. The maximum absolute atomic E-state index is 14.2. The van der Waals surface area contributed by atoms with Crippen molar-refractivity contribution < 1.29 is 19.0 Å². The Hall–Kier alpha value is -2.07. The molecule has 20 heavy (non-hydrogen) atoms. The maximum atomic E-state index is 14.2. The molecule has 0 spiro atoms. The van der Waals surface area contributed by atoms with Crippen LogP contribution in [0, 0.1) is 12.7 Å². The smallest absolute Gasteiger partial charge is 0.132 e. The van der Waals surface area contributed by atoms with Gasteiger partial charge in [-0.25, -0.2) is 4.39 Å². The van der Waals surface area contributed by atoms with Crippen LogP contribution in [-0.2, 0) is 0 Å². The van der Waals surface area contributed by atoms with E-state index in [9.17, 15) is 9.50 Å². The van der Waals surface area contributed by atoms with Gasteiger partial charge in [-0.2, -0.15) is 0 Å². The Kier molecular flexibility index (Phi) is 4.25. The summed E-state index contributed by atoms with van der Waals surface area (Å²) in [7, 11) is 3.00. The zero-order valence-electron chi connectivity index (χ0n) is 11.7. The van der Waals surface area contributed by atoms with Crippen LogP contribution in [0.15, 0.2) is 36.4 Å². The van der Waals surface area contributed by atoms with Crippen molar-refractivity contribution in [1.82, 2.24) is 0 Å². The van der Waals surface area contributed by atoms with E-state index in [0.717, 1.165) is 0 Å². The predicted octanol–water partition coefficient (Wildman–Crippen LogP) is 3.23. The number of hydrogen-bond acceptors (Lipinski definition) is 3. The van der Waals surface area contributed by atoms with E-state index in [0.29, 0.717) is 22.6 Å². The van der Waals surface area contributed by atoms with Crippen LogP contribution in [0.25, 0.3) is 0 Å². The lowest BCUT2D eigenvalue weighted by Crippen LogP contribution is -2.07. The monoisotopic (exact) mass is 276 g/mol. The van der Waals surface area contributed by atoms with Gasteiger partial charge in [0, 0.05) is 5.56 Å². The highest BCUT2D eigenvalue weighted by atomic mass is 19.1. The van der Waals surface area contributed by atoms with Gasteiger partial charge in [0.25, 0.3) is 0 Å². The number of halogens is 1. The van der Waals surface area contributed by atoms with E-state index in [4.69, 9.17) is 9.47 Å². The molecule has 1 N–H and O–H groups in total. The molecule has 3 nitrogen and oxygen atoms in total. The number of aliphatic hydroxyl groups is 1. The Morgan fingerprint density at radius 3 is 2.10 bits per heavy atom. The van der Waals surface area contributed by atoms with Gasteiger partial charge in [-0.1, -0.05) is 24.3 Å². The zero-order chi connectivity index (χ0) is 14.7. The van der Waals surface area contributed by atoms with Gasteiger partial charge in [0.15, 0.2) is 0 Å². The summed E-state index contributed by atoms with van der Waals surface area (Å²) in [6.45, 7) is 1.66. The van der Waals surface area contributed by atoms with Gasteiger partial charge < -0.3 is 14.6 Å². The molecule has 1 atom stereocenters. The van der Waals surface area contributed by atoms with Crippen LogP contribution in [0.4, 0.5) is 4.39 Å². The van der Waals surface area contributed by atoms with Crippen molar-refractivity contribution >= 4 is 0 Å². The maximum Gasteiger partial charge on any atom is 0.132 e. The summed E-state index contributed by atoms with van der Waals surface area (Å²) in [6.07, 6.45) is -1.15. The third-order valence-corrected chi connectivity index (χ3v) is 3.26. The lowest BCUT2D eigenvalue weighted by molar-refractivity contribution is 0.203. The summed E-state index contributed by atoms with van der Waals surface area (Å²) in [6, 6.07) is 10.1. The first kappa shape index (κ1) is 14.3. The number of benzene rings is 2. The van der Waals surface area contributed by atoms with Crippen LogP contribution in [0.3, 0.4) is 0 Å². The standard InChI is InChI=1S/C16H17FO3/c1-10-6-4-7-11(15(10)17)16(18)14-12(19-2)8-5-9-13(14)20-3/h4-9,16,18H,1-3H3. The van der Waals surface area contributed by atoms with Crippen LogP contribution in [0.2, 0.25) is 0 Å². The molecule has 2 aromatic carbocycles. The van der Waals surface area contributed by atoms with Gasteiger partial charge in [-0.05, 0) is 24.6 Å². The summed E-state index contributed by atoms with van der Waals surface area (Å²) in [5.41, 5.74) is 1.10. The van der Waals surface area contributed by atoms with Gasteiger partial charge in [0.2, 0.25) is 0 Å². The summed E-state index contributed by atoms with van der Waals surface area (Å²) >= 11 is 0. The van der Waals surface area contributed by atoms with Crippen molar-refractivity contribution in [2.45, 2.75) is 13.0 Å². The van der Waals surface area contributed by atoms with Crippen LogP contribution in [0.5, 0.6) is 11.5 Å².